The van der Waals surface area contributed by atoms with Crippen molar-refractivity contribution in [2.75, 3.05) is 0 Å². The van der Waals surface area contributed by atoms with E-state index < -0.39 is 28.9 Å². The molecule has 0 aromatic rings. The first-order valence-electron chi connectivity index (χ1n) is 6.46. The number of ketones is 2. The molecule has 0 amide bonds. The van der Waals surface area contributed by atoms with Gasteiger partial charge in [-0.25, -0.2) is 4.79 Å². The fraction of sp³-hybridized carbons (Fsp3) is 0.643. The van der Waals surface area contributed by atoms with Gasteiger partial charge >= 0.3 is 5.97 Å². The van der Waals surface area contributed by atoms with E-state index in [1.54, 1.807) is 6.92 Å². The van der Waals surface area contributed by atoms with Gasteiger partial charge in [-0.3, -0.25) is 9.59 Å². The molecule has 0 aromatic carbocycles. The molecule has 4 aliphatic rings. The molecule has 4 atom stereocenters. The molecule has 102 valence electrons. The number of ether oxygens (including phenoxy) is 1. The Morgan fingerprint density at radius 2 is 2.05 bits per heavy atom. The minimum absolute atomic E-state index is 0.101. The first-order valence-corrected chi connectivity index (χ1v) is 6.46. The van der Waals surface area contributed by atoms with E-state index in [2.05, 4.69) is 6.58 Å². The number of hydrogen-bond acceptors (Lipinski definition) is 5. The van der Waals surface area contributed by atoms with Crippen molar-refractivity contribution in [2.45, 2.75) is 43.8 Å². The van der Waals surface area contributed by atoms with Crippen molar-refractivity contribution in [1.82, 2.24) is 0 Å². The van der Waals surface area contributed by atoms with E-state index in [4.69, 9.17) is 4.74 Å². The van der Waals surface area contributed by atoms with E-state index in [0.717, 1.165) is 0 Å². The third-order valence-corrected chi connectivity index (χ3v) is 4.57. The first kappa shape index (κ1) is 12.5. The summed E-state index contributed by atoms with van der Waals surface area (Å²) < 4.78 is 5.47. The molecule has 0 heterocycles. The maximum atomic E-state index is 12.0. The van der Waals surface area contributed by atoms with Gasteiger partial charge in [-0.2, -0.15) is 0 Å². The number of carbonyl (C=O) groups excluding carboxylic acids is 3. The number of rotatable bonds is 2. The van der Waals surface area contributed by atoms with Crippen molar-refractivity contribution >= 4 is 17.5 Å². The van der Waals surface area contributed by atoms with Crippen LogP contribution in [0, 0.1) is 11.8 Å². The summed E-state index contributed by atoms with van der Waals surface area (Å²) in [7, 11) is 0. The number of Topliss-reactive ketones (excluding diaryl/α,β-unsaturated/α-hetero) is 2. The largest absolute Gasteiger partial charge is 0.456 e. The Balaban J connectivity index is 1.94. The van der Waals surface area contributed by atoms with Gasteiger partial charge in [0.2, 0.25) is 0 Å². The van der Waals surface area contributed by atoms with Crippen LogP contribution in [-0.4, -0.2) is 33.8 Å². The highest BCUT2D eigenvalue weighted by molar-refractivity contribution is 6.11. The minimum Gasteiger partial charge on any atom is -0.456 e. The molecule has 19 heavy (non-hydrogen) atoms. The summed E-state index contributed by atoms with van der Waals surface area (Å²) in [5.41, 5.74) is -2.09. The zero-order chi connectivity index (χ0) is 14.0. The summed E-state index contributed by atoms with van der Waals surface area (Å²) in [5.74, 6) is -2.19. The molecule has 4 saturated carbocycles. The zero-order valence-electron chi connectivity index (χ0n) is 10.8. The maximum Gasteiger partial charge on any atom is 0.333 e. The zero-order valence-corrected chi connectivity index (χ0v) is 10.8. The average Bonchev–Trinajstić information content (AvgIpc) is 2.30. The van der Waals surface area contributed by atoms with Crippen LogP contribution in [0.1, 0.15) is 32.6 Å². The summed E-state index contributed by atoms with van der Waals surface area (Å²) in [6.07, 6.45) is 0.908. The van der Waals surface area contributed by atoms with Gasteiger partial charge in [-0.1, -0.05) is 6.58 Å². The van der Waals surface area contributed by atoms with Crippen molar-refractivity contribution in [3.63, 3.8) is 0 Å². The van der Waals surface area contributed by atoms with Crippen molar-refractivity contribution in [3.05, 3.63) is 12.2 Å². The number of aliphatic hydroxyl groups is 1. The number of esters is 1. The van der Waals surface area contributed by atoms with Gasteiger partial charge in [-0.05, 0) is 19.8 Å². The molecule has 4 aliphatic carbocycles. The number of hydrogen-bond donors (Lipinski definition) is 1. The predicted molar refractivity (Wildman–Crippen MR) is 64.0 cm³/mol. The lowest BCUT2D eigenvalue weighted by molar-refractivity contribution is -0.211. The van der Waals surface area contributed by atoms with Crippen LogP contribution in [0.25, 0.3) is 0 Å². The summed E-state index contributed by atoms with van der Waals surface area (Å²) in [6.45, 7) is 5.08. The topological polar surface area (TPSA) is 80.7 Å². The Morgan fingerprint density at radius 1 is 1.37 bits per heavy atom. The molecule has 5 heteroatoms. The summed E-state index contributed by atoms with van der Waals surface area (Å²) in [5, 5.41) is 10.4. The standard InChI is InChI=1S/C14H16O5/c1-7(2)12(17)19-13-3-8-4-14(18,6-13)11(16)9(5-13)10(8)15/h8-9,18H,1,3-6H2,2H3. The lowest BCUT2D eigenvalue weighted by atomic mass is 9.51. The van der Waals surface area contributed by atoms with Crippen molar-refractivity contribution in [3.8, 4) is 0 Å². The molecule has 0 radical (unpaired) electrons. The Hall–Kier alpha value is -1.49. The van der Waals surface area contributed by atoms with E-state index in [-0.39, 0.29) is 36.5 Å². The SMILES string of the molecule is C=C(C)C(=O)OC12CC3CC(O)(C1)C(=O)C(C2)C3=O. The molecular formula is C14H16O5. The van der Waals surface area contributed by atoms with Crippen LogP contribution in [0.2, 0.25) is 0 Å². The van der Waals surface area contributed by atoms with E-state index in [0.29, 0.717) is 6.42 Å². The van der Waals surface area contributed by atoms with Gasteiger partial charge in [-0.15, -0.1) is 0 Å². The molecule has 4 rings (SSSR count). The van der Waals surface area contributed by atoms with Gasteiger partial charge in [0.1, 0.15) is 17.0 Å². The number of carbonyl (C=O) groups is 3. The Labute approximate surface area is 110 Å². The highest BCUT2D eigenvalue weighted by Crippen LogP contribution is 2.55. The Kier molecular flexibility index (Phi) is 2.33. The molecule has 0 aliphatic heterocycles. The van der Waals surface area contributed by atoms with Crippen LogP contribution in [0.4, 0.5) is 0 Å². The minimum atomic E-state index is -1.49. The van der Waals surface area contributed by atoms with Crippen molar-refractivity contribution in [2.24, 2.45) is 11.8 Å². The van der Waals surface area contributed by atoms with Gasteiger partial charge in [0.15, 0.2) is 5.78 Å². The maximum absolute atomic E-state index is 12.0. The average molecular weight is 264 g/mol. The highest BCUT2D eigenvalue weighted by Gasteiger charge is 2.67. The van der Waals surface area contributed by atoms with Crippen LogP contribution in [0.3, 0.4) is 0 Å². The van der Waals surface area contributed by atoms with E-state index in [9.17, 15) is 19.5 Å². The fourth-order valence-electron chi connectivity index (χ4n) is 3.86. The summed E-state index contributed by atoms with van der Waals surface area (Å²) in [6, 6.07) is 0. The second-order valence-corrected chi connectivity index (χ2v) is 6.19. The molecule has 4 bridgehead atoms. The third-order valence-electron chi connectivity index (χ3n) is 4.57. The van der Waals surface area contributed by atoms with E-state index in [1.807, 2.05) is 0 Å². The molecule has 0 aromatic heterocycles. The second-order valence-electron chi connectivity index (χ2n) is 6.19. The van der Waals surface area contributed by atoms with E-state index >= 15 is 0 Å². The molecule has 1 N–H and O–H groups in total. The van der Waals surface area contributed by atoms with Crippen LogP contribution in [-0.2, 0) is 19.1 Å². The monoisotopic (exact) mass is 264 g/mol. The van der Waals surface area contributed by atoms with Crippen LogP contribution < -0.4 is 0 Å². The smallest absolute Gasteiger partial charge is 0.333 e. The van der Waals surface area contributed by atoms with Gasteiger partial charge < -0.3 is 9.84 Å². The Morgan fingerprint density at radius 3 is 2.68 bits per heavy atom. The van der Waals surface area contributed by atoms with Crippen molar-refractivity contribution in [1.29, 1.82) is 0 Å². The molecule has 4 unspecified atom stereocenters. The van der Waals surface area contributed by atoms with Crippen LogP contribution in [0.15, 0.2) is 12.2 Å². The van der Waals surface area contributed by atoms with Gasteiger partial charge in [0.05, 0.1) is 5.92 Å². The molecule has 5 nitrogen and oxygen atoms in total. The lowest BCUT2D eigenvalue weighted by Gasteiger charge is -2.56. The predicted octanol–water partition coefficient (Wildman–Crippen LogP) is 0.547. The normalized spacial score (nSPS) is 43.5. The highest BCUT2D eigenvalue weighted by atomic mass is 16.6. The Bertz CT molecular complexity index is 522. The second kappa shape index (κ2) is 3.54. The molecule has 0 spiro atoms. The van der Waals surface area contributed by atoms with E-state index in [1.165, 1.54) is 0 Å². The van der Waals surface area contributed by atoms with Crippen LogP contribution in [0.5, 0.6) is 0 Å². The molecule has 4 fully saturated rings. The first-order chi connectivity index (χ1) is 8.76. The summed E-state index contributed by atoms with van der Waals surface area (Å²) in [4.78, 5) is 35.8. The quantitative estimate of drug-likeness (QED) is 0.447. The van der Waals surface area contributed by atoms with Crippen LogP contribution >= 0.6 is 0 Å². The molecular weight excluding hydrogens is 248 g/mol. The summed E-state index contributed by atoms with van der Waals surface area (Å²) >= 11 is 0. The molecule has 0 saturated heterocycles. The lowest BCUT2D eigenvalue weighted by Crippen LogP contribution is -2.68. The van der Waals surface area contributed by atoms with Gasteiger partial charge in [0, 0.05) is 24.3 Å². The van der Waals surface area contributed by atoms with Gasteiger partial charge in [0.25, 0.3) is 0 Å². The van der Waals surface area contributed by atoms with Crippen molar-refractivity contribution < 1.29 is 24.2 Å². The fourth-order valence-corrected chi connectivity index (χ4v) is 3.86. The third kappa shape index (κ3) is 1.61.